The largest absolute Gasteiger partial charge is 0.360 e. The van der Waals surface area contributed by atoms with Crippen molar-refractivity contribution in [3.05, 3.63) is 64.6 Å². The molecule has 3 aliphatic heterocycles. The van der Waals surface area contributed by atoms with Crippen molar-refractivity contribution in [2.75, 3.05) is 13.6 Å². The van der Waals surface area contributed by atoms with Gasteiger partial charge in [0.2, 0.25) is 11.8 Å². The molecule has 7 nitrogen and oxygen atoms in total. The number of rotatable bonds is 5. The van der Waals surface area contributed by atoms with Crippen LogP contribution in [-0.2, 0) is 27.4 Å². The van der Waals surface area contributed by atoms with Crippen molar-refractivity contribution in [1.29, 1.82) is 0 Å². The van der Waals surface area contributed by atoms with Crippen molar-refractivity contribution in [3.8, 4) is 0 Å². The van der Waals surface area contributed by atoms with Crippen LogP contribution in [0.25, 0.3) is 0 Å². The Morgan fingerprint density at radius 2 is 2.06 bits per heavy atom. The van der Waals surface area contributed by atoms with Gasteiger partial charge in [0.1, 0.15) is 5.60 Å². The number of carbonyl (C=O) groups is 2. The van der Waals surface area contributed by atoms with Crippen LogP contribution in [0.5, 0.6) is 0 Å². The van der Waals surface area contributed by atoms with Crippen molar-refractivity contribution in [3.63, 3.8) is 0 Å². The molecule has 0 saturated carbocycles. The molecule has 2 unspecified atom stereocenters. The molecule has 0 N–H and O–H groups in total. The van der Waals surface area contributed by atoms with E-state index >= 15 is 0 Å². The Bertz CT molecular complexity index is 1090. The maximum absolute atomic E-state index is 13.4. The fraction of sp³-hybridized carbons (Fsp3) is 0.458. The number of fused-ring (bicyclic) bond motifs is 1. The van der Waals surface area contributed by atoms with Crippen LogP contribution in [0, 0.1) is 32.6 Å². The molecule has 2 bridgehead atoms. The van der Waals surface area contributed by atoms with E-state index < -0.39 is 17.4 Å². The number of amides is 2. The van der Waals surface area contributed by atoms with E-state index in [1.165, 1.54) is 11.1 Å². The number of hydrogen-bond donors (Lipinski definition) is 0. The van der Waals surface area contributed by atoms with E-state index in [9.17, 15) is 9.59 Å². The zero-order valence-corrected chi connectivity index (χ0v) is 18.3. The molecule has 2 fully saturated rings. The standard InChI is InChI=1S/C24H27N3O4/c1-14-5-6-17(9-15(14)2)11-27-13-24-8-7-19(30-24)20(21(24)23(27)29)22(28)26(4)12-18-10-16(3)25-31-18/h5-10,19-21H,11-13H2,1-4H3/t19-,20?,21?,24-/m1/s1. The predicted octanol–water partition coefficient (Wildman–Crippen LogP) is 2.54. The third kappa shape index (κ3) is 3.19. The van der Waals surface area contributed by atoms with Gasteiger partial charge >= 0.3 is 0 Å². The average molecular weight is 421 g/mol. The van der Waals surface area contributed by atoms with E-state index in [2.05, 4.69) is 37.2 Å². The summed E-state index contributed by atoms with van der Waals surface area (Å²) >= 11 is 0. The van der Waals surface area contributed by atoms with Crippen molar-refractivity contribution in [1.82, 2.24) is 15.0 Å². The lowest BCUT2D eigenvalue weighted by molar-refractivity contribution is -0.143. The summed E-state index contributed by atoms with van der Waals surface area (Å²) in [6, 6.07) is 8.08. The van der Waals surface area contributed by atoms with E-state index in [1.807, 2.05) is 30.0 Å². The predicted molar refractivity (Wildman–Crippen MR) is 113 cm³/mol. The highest BCUT2D eigenvalue weighted by Gasteiger charge is 2.67. The Morgan fingerprint density at radius 3 is 2.77 bits per heavy atom. The monoisotopic (exact) mass is 421 g/mol. The van der Waals surface area contributed by atoms with Gasteiger partial charge in [-0.2, -0.15) is 0 Å². The van der Waals surface area contributed by atoms with Crippen molar-refractivity contribution in [2.45, 2.75) is 45.6 Å². The first kappa shape index (κ1) is 20.0. The van der Waals surface area contributed by atoms with Gasteiger partial charge < -0.3 is 19.1 Å². The van der Waals surface area contributed by atoms with Crippen LogP contribution in [0.15, 0.2) is 40.9 Å². The molecular formula is C24H27N3O4. The zero-order chi connectivity index (χ0) is 21.9. The zero-order valence-electron chi connectivity index (χ0n) is 18.3. The Morgan fingerprint density at radius 1 is 1.26 bits per heavy atom. The van der Waals surface area contributed by atoms with E-state index in [-0.39, 0.29) is 17.9 Å². The highest BCUT2D eigenvalue weighted by molar-refractivity contribution is 5.93. The molecule has 1 aromatic carbocycles. The van der Waals surface area contributed by atoms with Crippen LogP contribution in [0.2, 0.25) is 0 Å². The molecule has 2 saturated heterocycles. The first-order valence-corrected chi connectivity index (χ1v) is 10.7. The summed E-state index contributed by atoms with van der Waals surface area (Å²) in [5.74, 6) is -0.488. The van der Waals surface area contributed by atoms with Crippen LogP contribution >= 0.6 is 0 Å². The third-order valence-corrected chi connectivity index (χ3v) is 6.85. The highest BCUT2D eigenvalue weighted by Crippen LogP contribution is 2.52. The summed E-state index contributed by atoms with van der Waals surface area (Å²) in [5.41, 5.74) is 3.59. The van der Waals surface area contributed by atoms with Crippen molar-refractivity contribution >= 4 is 11.8 Å². The summed E-state index contributed by atoms with van der Waals surface area (Å²) in [7, 11) is 1.73. The van der Waals surface area contributed by atoms with Gasteiger partial charge in [-0.1, -0.05) is 35.5 Å². The minimum Gasteiger partial charge on any atom is -0.360 e. The van der Waals surface area contributed by atoms with Gasteiger partial charge in [0.05, 0.1) is 36.7 Å². The molecule has 4 atom stereocenters. The number of hydrogen-bond acceptors (Lipinski definition) is 5. The second-order valence-corrected chi connectivity index (χ2v) is 9.14. The summed E-state index contributed by atoms with van der Waals surface area (Å²) in [6.07, 6.45) is 3.58. The molecule has 5 rings (SSSR count). The molecule has 2 amide bonds. The van der Waals surface area contributed by atoms with E-state index in [1.54, 1.807) is 11.9 Å². The smallest absolute Gasteiger partial charge is 0.230 e. The lowest BCUT2D eigenvalue weighted by atomic mass is 9.76. The van der Waals surface area contributed by atoms with Crippen LogP contribution in [0.1, 0.15) is 28.1 Å². The second kappa shape index (κ2) is 7.05. The average Bonchev–Trinajstić information content (AvgIpc) is 3.46. The molecule has 0 aliphatic carbocycles. The highest BCUT2D eigenvalue weighted by atomic mass is 16.5. The first-order valence-electron chi connectivity index (χ1n) is 10.7. The third-order valence-electron chi connectivity index (χ3n) is 6.85. The molecule has 162 valence electrons. The van der Waals surface area contributed by atoms with Gasteiger partial charge in [-0.25, -0.2) is 0 Å². The van der Waals surface area contributed by atoms with Gasteiger partial charge in [-0.3, -0.25) is 9.59 Å². The number of carbonyl (C=O) groups excluding carboxylic acids is 2. The lowest BCUT2D eigenvalue weighted by Gasteiger charge is -2.27. The maximum Gasteiger partial charge on any atom is 0.230 e. The van der Waals surface area contributed by atoms with Crippen LogP contribution in [0.4, 0.5) is 0 Å². The molecule has 4 heterocycles. The normalized spacial score (nSPS) is 28.5. The van der Waals surface area contributed by atoms with Gasteiger partial charge in [-0.15, -0.1) is 0 Å². The van der Waals surface area contributed by atoms with E-state index in [0.29, 0.717) is 25.4 Å². The topological polar surface area (TPSA) is 75.9 Å². The Labute approximate surface area is 181 Å². The number of aryl methyl sites for hydroxylation is 3. The van der Waals surface area contributed by atoms with Crippen LogP contribution in [-0.4, -0.2) is 52.1 Å². The number of ether oxygens (including phenoxy) is 1. The van der Waals surface area contributed by atoms with Gasteiger partial charge in [0, 0.05) is 19.7 Å². The quantitative estimate of drug-likeness (QED) is 0.694. The van der Waals surface area contributed by atoms with E-state index in [4.69, 9.17) is 9.26 Å². The van der Waals surface area contributed by atoms with Crippen molar-refractivity contribution < 1.29 is 18.8 Å². The molecule has 1 spiro atoms. The summed E-state index contributed by atoms with van der Waals surface area (Å²) < 4.78 is 11.5. The number of nitrogens with zero attached hydrogens (tertiary/aromatic N) is 3. The van der Waals surface area contributed by atoms with Crippen LogP contribution in [0.3, 0.4) is 0 Å². The number of benzene rings is 1. The molecule has 0 radical (unpaired) electrons. The molecular weight excluding hydrogens is 394 g/mol. The number of likely N-dealkylation sites (tertiary alicyclic amines) is 1. The Balaban J connectivity index is 1.35. The molecule has 3 aliphatic rings. The van der Waals surface area contributed by atoms with Gasteiger partial charge in [0.25, 0.3) is 0 Å². The maximum atomic E-state index is 13.4. The lowest BCUT2D eigenvalue weighted by Crippen LogP contribution is -2.44. The minimum atomic E-state index is -0.703. The van der Waals surface area contributed by atoms with Crippen molar-refractivity contribution in [2.24, 2.45) is 11.8 Å². The SMILES string of the molecule is Cc1cc(CN(C)C(=O)C2C3C(=O)N(Cc4ccc(C)c(C)c4)C[C@]34C=C[C@H]2O4)on1. The molecule has 7 heteroatoms. The summed E-state index contributed by atoms with van der Waals surface area (Å²) in [4.78, 5) is 30.2. The summed E-state index contributed by atoms with van der Waals surface area (Å²) in [6.45, 7) is 7.31. The van der Waals surface area contributed by atoms with Gasteiger partial charge in [0.15, 0.2) is 5.76 Å². The fourth-order valence-electron chi connectivity index (χ4n) is 5.17. The van der Waals surface area contributed by atoms with Gasteiger partial charge in [-0.05, 0) is 37.5 Å². The Kier molecular flexibility index (Phi) is 4.55. The second-order valence-electron chi connectivity index (χ2n) is 9.14. The fourth-order valence-corrected chi connectivity index (χ4v) is 5.17. The summed E-state index contributed by atoms with van der Waals surface area (Å²) in [5, 5.41) is 3.88. The molecule has 1 aromatic heterocycles. The number of aromatic nitrogens is 1. The van der Waals surface area contributed by atoms with Crippen LogP contribution < -0.4 is 0 Å². The molecule has 2 aromatic rings. The minimum absolute atomic E-state index is 0.00709. The Hall–Kier alpha value is -2.93. The molecule has 31 heavy (non-hydrogen) atoms. The first-order chi connectivity index (χ1) is 14.8. The van der Waals surface area contributed by atoms with E-state index in [0.717, 1.165) is 11.3 Å².